The summed E-state index contributed by atoms with van der Waals surface area (Å²) in [6.07, 6.45) is 0. The molecule has 8 nitrogen and oxygen atoms in total. The SMILES string of the molecule is CCNCCNS(=O)(=O)c1ccc2[nH]c(=O)[nH]c(=O)c2c1. The van der Waals surface area contributed by atoms with E-state index in [4.69, 9.17) is 0 Å². The fraction of sp³-hybridized carbons (Fsp3) is 0.333. The van der Waals surface area contributed by atoms with Crippen molar-refractivity contribution in [3.8, 4) is 0 Å². The molecule has 4 N–H and O–H groups in total. The molecule has 0 bridgehead atoms. The largest absolute Gasteiger partial charge is 0.326 e. The summed E-state index contributed by atoms with van der Waals surface area (Å²) in [5.41, 5.74) is -0.972. The van der Waals surface area contributed by atoms with E-state index in [2.05, 4.69) is 20.0 Å². The van der Waals surface area contributed by atoms with Gasteiger partial charge in [0.15, 0.2) is 0 Å². The quantitative estimate of drug-likeness (QED) is 0.515. The van der Waals surface area contributed by atoms with Crippen LogP contribution >= 0.6 is 0 Å². The maximum atomic E-state index is 12.1. The summed E-state index contributed by atoms with van der Waals surface area (Å²) < 4.78 is 26.6. The second-order valence-corrected chi connectivity index (χ2v) is 6.13. The molecule has 0 aliphatic rings. The van der Waals surface area contributed by atoms with Crippen LogP contribution < -0.4 is 21.3 Å². The lowest BCUT2D eigenvalue weighted by molar-refractivity contribution is 0.577. The van der Waals surface area contributed by atoms with Crippen molar-refractivity contribution >= 4 is 20.9 Å². The van der Waals surface area contributed by atoms with Gasteiger partial charge in [0.2, 0.25) is 10.0 Å². The third kappa shape index (κ3) is 3.57. The minimum atomic E-state index is -3.69. The second-order valence-electron chi connectivity index (χ2n) is 4.37. The van der Waals surface area contributed by atoms with E-state index in [0.29, 0.717) is 6.54 Å². The van der Waals surface area contributed by atoms with Gasteiger partial charge in [0.25, 0.3) is 5.56 Å². The Hall–Kier alpha value is -1.97. The molecule has 0 radical (unpaired) electrons. The maximum Gasteiger partial charge on any atom is 0.326 e. The Kier molecular flexibility index (Phi) is 4.56. The van der Waals surface area contributed by atoms with Crippen LogP contribution in [0.5, 0.6) is 0 Å². The van der Waals surface area contributed by atoms with Crippen LogP contribution in [0.25, 0.3) is 10.9 Å². The molecule has 0 unspecified atom stereocenters. The molecular formula is C12H16N4O4S. The number of likely N-dealkylation sites (N-methyl/N-ethyl adjacent to an activating group) is 1. The molecule has 21 heavy (non-hydrogen) atoms. The number of benzene rings is 1. The lowest BCUT2D eigenvalue weighted by Gasteiger charge is -2.07. The van der Waals surface area contributed by atoms with Gasteiger partial charge in [0.05, 0.1) is 15.8 Å². The number of rotatable bonds is 6. The first-order valence-electron chi connectivity index (χ1n) is 6.41. The summed E-state index contributed by atoms with van der Waals surface area (Å²) in [6.45, 7) is 3.43. The Morgan fingerprint density at radius 2 is 1.90 bits per heavy atom. The van der Waals surface area contributed by atoms with Crippen LogP contribution in [0.3, 0.4) is 0 Å². The fourth-order valence-corrected chi connectivity index (χ4v) is 2.90. The molecule has 0 amide bonds. The van der Waals surface area contributed by atoms with Gasteiger partial charge in [0, 0.05) is 13.1 Å². The number of sulfonamides is 1. The van der Waals surface area contributed by atoms with E-state index >= 15 is 0 Å². The van der Waals surface area contributed by atoms with Gasteiger partial charge in [-0.3, -0.25) is 9.78 Å². The van der Waals surface area contributed by atoms with Gasteiger partial charge >= 0.3 is 5.69 Å². The van der Waals surface area contributed by atoms with Crippen molar-refractivity contribution in [2.45, 2.75) is 11.8 Å². The summed E-state index contributed by atoms with van der Waals surface area (Å²) in [4.78, 5) is 27.3. The van der Waals surface area contributed by atoms with Gasteiger partial charge in [0.1, 0.15) is 0 Å². The van der Waals surface area contributed by atoms with Crippen LogP contribution in [0.1, 0.15) is 6.92 Å². The predicted octanol–water partition coefficient (Wildman–Crippen LogP) is -0.896. The van der Waals surface area contributed by atoms with E-state index in [1.54, 1.807) is 0 Å². The molecule has 1 aromatic carbocycles. The van der Waals surface area contributed by atoms with Crippen LogP contribution in [0.2, 0.25) is 0 Å². The molecule has 114 valence electrons. The van der Waals surface area contributed by atoms with Crippen molar-refractivity contribution in [3.05, 3.63) is 39.0 Å². The van der Waals surface area contributed by atoms with Crippen LogP contribution in [-0.4, -0.2) is 38.0 Å². The molecule has 2 rings (SSSR count). The van der Waals surface area contributed by atoms with Gasteiger partial charge in [-0.1, -0.05) is 6.92 Å². The molecule has 1 heterocycles. The molecule has 0 saturated heterocycles. The van der Waals surface area contributed by atoms with Crippen molar-refractivity contribution in [1.29, 1.82) is 0 Å². The number of aromatic amines is 2. The molecule has 1 aromatic heterocycles. The zero-order chi connectivity index (χ0) is 15.5. The minimum absolute atomic E-state index is 0.0240. The van der Waals surface area contributed by atoms with E-state index in [9.17, 15) is 18.0 Å². The van der Waals surface area contributed by atoms with E-state index in [1.807, 2.05) is 6.92 Å². The van der Waals surface area contributed by atoms with Crippen molar-refractivity contribution < 1.29 is 8.42 Å². The second kappa shape index (κ2) is 6.20. The van der Waals surface area contributed by atoms with Crippen LogP contribution in [0.4, 0.5) is 0 Å². The van der Waals surface area contributed by atoms with Crippen LogP contribution in [-0.2, 0) is 10.0 Å². The minimum Gasteiger partial charge on any atom is -0.316 e. The summed E-state index contributed by atoms with van der Waals surface area (Å²) in [5.74, 6) is 0. The lowest BCUT2D eigenvalue weighted by Crippen LogP contribution is -2.32. The first-order valence-corrected chi connectivity index (χ1v) is 7.89. The summed E-state index contributed by atoms with van der Waals surface area (Å²) in [7, 11) is -3.69. The third-order valence-corrected chi connectivity index (χ3v) is 4.32. The van der Waals surface area contributed by atoms with Crippen molar-refractivity contribution in [2.75, 3.05) is 19.6 Å². The van der Waals surface area contributed by atoms with E-state index in [1.165, 1.54) is 18.2 Å². The van der Waals surface area contributed by atoms with Gasteiger partial charge in [-0.25, -0.2) is 17.9 Å². The number of hydrogen-bond donors (Lipinski definition) is 4. The molecule has 0 atom stereocenters. The molecule has 0 saturated carbocycles. The third-order valence-electron chi connectivity index (χ3n) is 2.87. The molecular weight excluding hydrogens is 296 g/mol. The highest BCUT2D eigenvalue weighted by molar-refractivity contribution is 7.89. The topological polar surface area (TPSA) is 124 Å². The smallest absolute Gasteiger partial charge is 0.316 e. The van der Waals surface area contributed by atoms with Crippen molar-refractivity contribution in [1.82, 2.24) is 20.0 Å². The fourth-order valence-electron chi connectivity index (χ4n) is 1.85. The summed E-state index contributed by atoms with van der Waals surface area (Å²) >= 11 is 0. The number of H-pyrrole nitrogens is 2. The van der Waals surface area contributed by atoms with E-state index in [0.717, 1.165) is 6.54 Å². The molecule has 2 aromatic rings. The first-order chi connectivity index (χ1) is 9.94. The average molecular weight is 312 g/mol. The Morgan fingerprint density at radius 3 is 2.62 bits per heavy atom. The number of nitrogens with one attached hydrogen (secondary N) is 4. The monoisotopic (exact) mass is 312 g/mol. The summed E-state index contributed by atoms with van der Waals surface area (Å²) in [6, 6.07) is 3.97. The molecule has 0 fully saturated rings. The average Bonchev–Trinajstić information content (AvgIpc) is 2.43. The molecule has 0 aliphatic heterocycles. The maximum absolute atomic E-state index is 12.1. The highest BCUT2D eigenvalue weighted by Crippen LogP contribution is 2.13. The lowest BCUT2D eigenvalue weighted by atomic mass is 10.2. The Morgan fingerprint density at radius 1 is 1.14 bits per heavy atom. The normalized spacial score (nSPS) is 11.9. The van der Waals surface area contributed by atoms with Crippen molar-refractivity contribution in [2.24, 2.45) is 0 Å². The predicted molar refractivity (Wildman–Crippen MR) is 78.9 cm³/mol. The zero-order valence-corrected chi connectivity index (χ0v) is 12.2. The Balaban J connectivity index is 2.34. The van der Waals surface area contributed by atoms with E-state index < -0.39 is 21.3 Å². The first kappa shape index (κ1) is 15.4. The van der Waals surface area contributed by atoms with Crippen LogP contribution in [0, 0.1) is 0 Å². The highest BCUT2D eigenvalue weighted by atomic mass is 32.2. The van der Waals surface area contributed by atoms with Gasteiger partial charge in [-0.05, 0) is 24.7 Å². The molecule has 0 aliphatic carbocycles. The number of hydrogen-bond acceptors (Lipinski definition) is 5. The summed E-state index contributed by atoms with van der Waals surface area (Å²) in [5, 5.41) is 3.11. The van der Waals surface area contributed by atoms with Gasteiger partial charge < -0.3 is 10.3 Å². The standard InChI is InChI=1S/C12H16N4O4S/c1-2-13-5-6-14-21(19,20)8-3-4-10-9(7-8)11(17)16-12(18)15-10/h3-4,7,13-14H,2,5-6H2,1H3,(H2,15,16,17,18). The molecule has 9 heteroatoms. The number of fused-ring (bicyclic) bond motifs is 1. The van der Waals surface area contributed by atoms with Gasteiger partial charge in [-0.15, -0.1) is 0 Å². The Labute approximate surface area is 120 Å². The number of aromatic nitrogens is 2. The zero-order valence-electron chi connectivity index (χ0n) is 11.4. The Bertz CT molecular complexity index is 853. The van der Waals surface area contributed by atoms with Crippen LogP contribution in [0.15, 0.2) is 32.7 Å². The molecule has 0 spiro atoms. The van der Waals surface area contributed by atoms with Gasteiger partial charge in [-0.2, -0.15) is 0 Å². The van der Waals surface area contributed by atoms with E-state index in [-0.39, 0.29) is 22.3 Å². The highest BCUT2D eigenvalue weighted by Gasteiger charge is 2.14. The van der Waals surface area contributed by atoms with Crippen molar-refractivity contribution in [3.63, 3.8) is 0 Å².